The van der Waals surface area contributed by atoms with Crippen molar-refractivity contribution in [3.8, 4) is 5.75 Å². The number of aliphatic imine (C=N–C) groups is 1. The quantitative estimate of drug-likeness (QED) is 0.248. The van der Waals surface area contributed by atoms with Gasteiger partial charge >= 0.3 is 0 Å². The highest BCUT2D eigenvalue weighted by molar-refractivity contribution is 14.0. The van der Waals surface area contributed by atoms with Crippen LogP contribution < -0.4 is 15.4 Å². The average Bonchev–Trinajstić information content (AvgIpc) is 2.98. The molecule has 2 rings (SSSR count). The fraction of sp³-hybridized carbons (Fsp3) is 0.611. The summed E-state index contributed by atoms with van der Waals surface area (Å²) >= 11 is 0. The van der Waals surface area contributed by atoms with Gasteiger partial charge in [-0.25, -0.2) is 0 Å². The van der Waals surface area contributed by atoms with Gasteiger partial charge < -0.3 is 20.5 Å². The number of rotatable bonds is 8. The van der Waals surface area contributed by atoms with Crippen LogP contribution in [0.3, 0.4) is 0 Å². The third kappa shape index (κ3) is 7.70. The number of hydrogen-bond donors (Lipinski definition) is 3. The van der Waals surface area contributed by atoms with E-state index < -0.39 is 0 Å². The summed E-state index contributed by atoms with van der Waals surface area (Å²) in [6.07, 6.45) is 3.84. The van der Waals surface area contributed by atoms with E-state index >= 15 is 0 Å². The minimum atomic E-state index is -0.180. The summed E-state index contributed by atoms with van der Waals surface area (Å²) in [7, 11) is 0. The first-order valence-corrected chi connectivity index (χ1v) is 8.67. The fourth-order valence-corrected chi connectivity index (χ4v) is 2.77. The van der Waals surface area contributed by atoms with Gasteiger partial charge in [0.15, 0.2) is 5.96 Å². The molecule has 1 aliphatic rings. The van der Waals surface area contributed by atoms with Gasteiger partial charge in [0, 0.05) is 25.6 Å². The molecule has 1 aromatic carbocycles. The van der Waals surface area contributed by atoms with E-state index in [1.807, 2.05) is 30.3 Å². The number of hydrogen-bond acceptors (Lipinski definition) is 3. The maximum atomic E-state index is 9.86. The molecule has 136 valence electrons. The lowest BCUT2D eigenvalue weighted by Gasteiger charge is -2.15. The Kier molecular flexibility index (Phi) is 10.8. The number of halogens is 1. The van der Waals surface area contributed by atoms with Crippen molar-refractivity contribution >= 4 is 29.9 Å². The van der Waals surface area contributed by atoms with Crippen LogP contribution >= 0.6 is 24.0 Å². The van der Waals surface area contributed by atoms with Gasteiger partial charge in [-0.05, 0) is 38.3 Å². The van der Waals surface area contributed by atoms with Crippen molar-refractivity contribution in [3.63, 3.8) is 0 Å². The molecule has 1 aromatic rings. The zero-order valence-corrected chi connectivity index (χ0v) is 16.7. The predicted molar refractivity (Wildman–Crippen MR) is 109 cm³/mol. The summed E-state index contributed by atoms with van der Waals surface area (Å²) < 4.78 is 5.67. The maximum Gasteiger partial charge on any atom is 0.191 e. The van der Waals surface area contributed by atoms with Gasteiger partial charge in [-0.15, -0.1) is 24.0 Å². The minimum Gasteiger partial charge on any atom is -0.494 e. The molecule has 1 aliphatic carbocycles. The van der Waals surface area contributed by atoms with E-state index in [0.29, 0.717) is 19.1 Å². The standard InChI is InChI=1S/C18H29N3O2.HI/c1-2-19-18(21-14-15-8-6-11-17(15)22)20-12-7-13-23-16-9-4-3-5-10-16;/h3-5,9-10,15,17,22H,2,6-8,11-14H2,1H3,(H2,19,20,21);1H. The summed E-state index contributed by atoms with van der Waals surface area (Å²) in [4.78, 5) is 4.60. The number of ether oxygens (including phenoxy) is 1. The first kappa shape index (κ1) is 21.0. The van der Waals surface area contributed by atoms with Crippen LogP contribution in [0.4, 0.5) is 0 Å². The first-order valence-electron chi connectivity index (χ1n) is 8.67. The average molecular weight is 447 g/mol. The molecule has 1 saturated carbocycles. The van der Waals surface area contributed by atoms with Gasteiger partial charge in [0.25, 0.3) is 0 Å². The second-order valence-electron chi connectivity index (χ2n) is 5.92. The molecular weight excluding hydrogens is 417 g/mol. The Balaban J connectivity index is 0.00000288. The fourth-order valence-electron chi connectivity index (χ4n) is 2.77. The van der Waals surface area contributed by atoms with Crippen LogP contribution in [-0.4, -0.2) is 43.4 Å². The summed E-state index contributed by atoms with van der Waals surface area (Å²) in [6, 6.07) is 9.86. The SMILES string of the molecule is CCNC(=NCC1CCCC1O)NCCCOc1ccccc1.I. The molecule has 0 spiro atoms. The predicted octanol–water partition coefficient (Wildman–Crippen LogP) is 2.79. The molecule has 0 amide bonds. The van der Waals surface area contributed by atoms with Gasteiger partial charge in [-0.1, -0.05) is 24.6 Å². The third-order valence-corrected chi connectivity index (χ3v) is 4.07. The molecule has 24 heavy (non-hydrogen) atoms. The van der Waals surface area contributed by atoms with Crippen LogP contribution in [0.1, 0.15) is 32.6 Å². The van der Waals surface area contributed by atoms with E-state index in [0.717, 1.165) is 50.5 Å². The molecule has 0 heterocycles. The molecular formula is C18H30IN3O2. The van der Waals surface area contributed by atoms with Crippen LogP contribution in [0.15, 0.2) is 35.3 Å². The molecule has 2 atom stereocenters. The Hall–Kier alpha value is -1.02. The van der Waals surface area contributed by atoms with Crippen molar-refractivity contribution in [3.05, 3.63) is 30.3 Å². The van der Waals surface area contributed by atoms with E-state index in [9.17, 15) is 5.11 Å². The lowest BCUT2D eigenvalue weighted by molar-refractivity contribution is 0.136. The molecule has 0 bridgehead atoms. The van der Waals surface area contributed by atoms with Crippen LogP contribution in [0.25, 0.3) is 0 Å². The largest absolute Gasteiger partial charge is 0.494 e. The van der Waals surface area contributed by atoms with Crippen molar-refractivity contribution in [2.75, 3.05) is 26.2 Å². The molecule has 3 N–H and O–H groups in total. The van der Waals surface area contributed by atoms with Crippen molar-refractivity contribution in [2.45, 2.75) is 38.7 Å². The third-order valence-electron chi connectivity index (χ3n) is 4.07. The molecule has 6 heteroatoms. The topological polar surface area (TPSA) is 65.9 Å². The van der Waals surface area contributed by atoms with Crippen molar-refractivity contribution < 1.29 is 9.84 Å². The van der Waals surface area contributed by atoms with Gasteiger partial charge in [-0.3, -0.25) is 4.99 Å². The second kappa shape index (κ2) is 12.4. The van der Waals surface area contributed by atoms with Crippen molar-refractivity contribution in [1.29, 1.82) is 0 Å². The van der Waals surface area contributed by atoms with Gasteiger partial charge in [0.1, 0.15) is 5.75 Å². The highest BCUT2D eigenvalue weighted by Gasteiger charge is 2.24. The zero-order valence-electron chi connectivity index (χ0n) is 14.4. The van der Waals surface area contributed by atoms with Crippen molar-refractivity contribution in [2.24, 2.45) is 10.9 Å². The van der Waals surface area contributed by atoms with Crippen LogP contribution in [0.5, 0.6) is 5.75 Å². The van der Waals surface area contributed by atoms with Crippen LogP contribution in [0, 0.1) is 5.92 Å². The summed E-state index contributed by atoms with van der Waals surface area (Å²) in [6.45, 7) is 5.07. The highest BCUT2D eigenvalue weighted by Crippen LogP contribution is 2.25. The van der Waals surface area contributed by atoms with Gasteiger partial charge in [0.05, 0.1) is 12.7 Å². The number of nitrogens with one attached hydrogen (secondary N) is 2. The number of nitrogens with zero attached hydrogens (tertiary/aromatic N) is 1. The van der Waals surface area contributed by atoms with E-state index in [-0.39, 0.29) is 30.1 Å². The normalized spacial score (nSPS) is 20.3. The summed E-state index contributed by atoms with van der Waals surface area (Å²) in [5, 5.41) is 16.4. The first-order chi connectivity index (χ1) is 11.3. The molecule has 1 fully saturated rings. The number of guanidine groups is 1. The van der Waals surface area contributed by atoms with E-state index in [2.05, 4.69) is 22.5 Å². The zero-order chi connectivity index (χ0) is 16.3. The number of benzene rings is 1. The lowest BCUT2D eigenvalue weighted by atomic mass is 10.1. The molecule has 0 radical (unpaired) electrons. The molecule has 0 aliphatic heterocycles. The summed E-state index contributed by atoms with van der Waals surface area (Å²) in [5.41, 5.74) is 0. The summed E-state index contributed by atoms with van der Waals surface area (Å²) in [5.74, 6) is 2.04. The molecule has 5 nitrogen and oxygen atoms in total. The Morgan fingerprint density at radius 2 is 2.04 bits per heavy atom. The number of para-hydroxylation sites is 1. The minimum absolute atomic E-state index is 0. The van der Waals surface area contributed by atoms with Crippen LogP contribution in [0.2, 0.25) is 0 Å². The van der Waals surface area contributed by atoms with E-state index in [1.54, 1.807) is 0 Å². The Morgan fingerprint density at radius 3 is 2.71 bits per heavy atom. The Labute approximate surface area is 162 Å². The van der Waals surface area contributed by atoms with Crippen molar-refractivity contribution in [1.82, 2.24) is 10.6 Å². The highest BCUT2D eigenvalue weighted by atomic mass is 127. The second-order valence-corrected chi connectivity index (χ2v) is 5.92. The van der Waals surface area contributed by atoms with E-state index in [4.69, 9.17) is 4.74 Å². The van der Waals surface area contributed by atoms with Gasteiger partial charge in [-0.2, -0.15) is 0 Å². The monoisotopic (exact) mass is 447 g/mol. The number of aliphatic hydroxyl groups is 1. The van der Waals surface area contributed by atoms with Gasteiger partial charge in [0.2, 0.25) is 0 Å². The molecule has 0 saturated heterocycles. The van der Waals surface area contributed by atoms with E-state index in [1.165, 1.54) is 0 Å². The van der Waals surface area contributed by atoms with Crippen LogP contribution in [-0.2, 0) is 0 Å². The number of aliphatic hydroxyl groups excluding tert-OH is 1. The molecule has 0 aromatic heterocycles. The Bertz CT molecular complexity index is 471. The molecule has 2 unspecified atom stereocenters. The maximum absolute atomic E-state index is 9.86. The smallest absolute Gasteiger partial charge is 0.191 e. The Morgan fingerprint density at radius 1 is 1.25 bits per heavy atom. The lowest BCUT2D eigenvalue weighted by Crippen LogP contribution is -2.38.